The predicted molar refractivity (Wildman–Crippen MR) is 114 cm³/mol. The molecule has 1 aliphatic rings. The number of nitrogens with one attached hydrogen (secondary N) is 1. The van der Waals surface area contributed by atoms with Crippen LogP contribution < -0.4 is 5.32 Å². The molecule has 2 atom stereocenters. The van der Waals surface area contributed by atoms with Crippen molar-refractivity contribution in [3.63, 3.8) is 0 Å². The maximum absolute atomic E-state index is 10.5. The van der Waals surface area contributed by atoms with Crippen LogP contribution in [0.5, 0.6) is 5.75 Å². The average molecular weight is 391 g/mol. The van der Waals surface area contributed by atoms with Crippen molar-refractivity contribution in [2.45, 2.75) is 25.6 Å². The molecule has 0 amide bonds. The molecule has 1 aromatic heterocycles. The zero-order valence-electron chi connectivity index (χ0n) is 16.6. The van der Waals surface area contributed by atoms with E-state index >= 15 is 0 Å². The van der Waals surface area contributed by atoms with Gasteiger partial charge in [0.2, 0.25) is 0 Å². The Hall–Kier alpha value is -2.87. The summed E-state index contributed by atoms with van der Waals surface area (Å²) in [5.41, 5.74) is 2.28. The number of aromatic nitrogens is 2. The number of aromatic hydroxyl groups is 1. The van der Waals surface area contributed by atoms with Crippen LogP contribution >= 0.6 is 0 Å². The van der Waals surface area contributed by atoms with Gasteiger partial charge >= 0.3 is 0 Å². The Bertz CT molecular complexity index is 1050. The van der Waals surface area contributed by atoms with Crippen molar-refractivity contribution in [2.24, 2.45) is 4.99 Å². The van der Waals surface area contributed by atoms with Crippen LogP contribution in [0.4, 0.5) is 5.82 Å². The zero-order valence-corrected chi connectivity index (χ0v) is 16.6. The molecule has 3 aromatic rings. The first kappa shape index (κ1) is 19.4. The average Bonchev–Trinajstić information content (AvgIpc) is 3.21. The lowest BCUT2D eigenvalue weighted by atomic mass is 10.1. The van der Waals surface area contributed by atoms with Crippen LogP contribution in [-0.4, -0.2) is 63.2 Å². The monoisotopic (exact) mass is 391 g/mol. The number of aliphatic hydroxyl groups excluding tert-OH is 1. The van der Waals surface area contributed by atoms with Crippen molar-refractivity contribution in [1.29, 1.82) is 0 Å². The normalized spacial score (nSPS) is 19.3. The Morgan fingerprint density at radius 2 is 1.93 bits per heavy atom. The second-order valence-corrected chi connectivity index (χ2v) is 7.26. The molecule has 7 heteroatoms. The first-order valence-electron chi connectivity index (χ1n) is 9.80. The van der Waals surface area contributed by atoms with Crippen LogP contribution in [0.3, 0.4) is 0 Å². The minimum absolute atomic E-state index is 0.0653. The van der Waals surface area contributed by atoms with E-state index in [1.165, 1.54) is 0 Å². The third-order valence-electron chi connectivity index (χ3n) is 5.33. The molecule has 2 aromatic carbocycles. The Labute approximate surface area is 169 Å². The summed E-state index contributed by atoms with van der Waals surface area (Å²) in [6, 6.07) is 14.7. The molecule has 0 radical (unpaired) electrons. The van der Waals surface area contributed by atoms with E-state index in [-0.39, 0.29) is 11.8 Å². The van der Waals surface area contributed by atoms with Gasteiger partial charge in [-0.3, -0.25) is 4.90 Å². The number of fused-ring (bicyclic) bond motifs is 1. The smallest absolute Gasteiger partial charge is 0.165 e. The van der Waals surface area contributed by atoms with E-state index in [1.54, 1.807) is 18.2 Å². The summed E-state index contributed by atoms with van der Waals surface area (Å²) < 4.78 is 0. The quantitative estimate of drug-likeness (QED) is 0.579. The number of nitrogens with zero attached hydrogens (tertiary/aromatic N) is 4. The first-order valence-corrected chi connectivity index (χ1v) is 9.80. The number of rotatable bonds is 5. The predicted octanol–water partition coefficient (Wildman–Crippen LogP) is 2.71. The lowest BCUT2D eigenvalue weighted by Crippen LogP contribution is -2.45. The number of benzene rings is 2. The fraction of sp³-hybridized carbons (Fsp3) is 0.318. The second kappa shape index (κ2) is 8.24. The molecule has 150 valence electrons. The van der Waals surface area contributed by atoms with E-state index in [0.29, 0.717) is 30.2 Å². The highest BCUT2D eigenvalue weighted by Gasteiger charge is 2.29. The van der Waals surface area contributed by atoms with E-state index in [2.05, 4.69) is 15.3 Å². The zero-order chi connectivity index (χ0) is 20.4. The van der Waals surface area contributed by atoms with Gasteiger partial charge < -0.3 is 15.5 Å². The van der Waals surface area contributed by atoms with Gasteiger partial charge in [-0.05, 0) is 37.9 Å². The molecule has 0 saturated carbocycles. The molecule has 4 rings (SSSR count). The summed E-state index contributed by atoms with van der Waals surface area (Å²) in [6.07, 6.45) is 0.0853. The fourth-order valence-electron chi connectivity index (χ4n) is 3.52. The Balaban J connectivity index is 1.72. The molecule has 1 saturated heterocycles. The molecule has 1 fully saturated rings. The van der Waals surface area contributed by atoms with Gasteiger partial charge in [0.1, 0.15) is 12.0 Å². The SMILES string of the molecule is CCN(C)C(O)[C@H]1CC(=Nc2nc(-c3ccccc3O)nc3ccccc23)CN1. The first-order chi connectivity index (χ1) is 14.1. The van der Waals surface area contributed by atoms with E-state index in [0.717, 1.165) is 23.2 Å². The van der Waals surface area contributed by atoms with Gasteiger partial charge in [0.05, 0.1) is 17.1 Å². The van der Waals surface area contributed by atoms with E-state index in [9.17, 15) is 10.2 Å². The molecule has 0 bridgehead atoms. The highest BCUT2D eigenvalue weighted by Crippen LogP contribution is 2.31. The largest absolute Gasteiger partial charge is 0.507 e. The lowest BCUT2D eigenvalue weighted by molar-refractivity contribution is 0.00101. The summed E-state index contributed by atoms with van der Waals surface area (Å²) in [7, 11) is 1.90. The van der Waals surface area contributed by atoms with Crippen molar-refractivity contribution in [3.8, 4) is 17.1 Å². The highest BCUT2D eigenvalue weighted by molar-refractivity contribution is 5.96. The molecule has 29 heavy (non-hydrogen) atoms. The van der Waals surface area contributed by atoms with Gasteiger partial charge in [-0.1, -0.05) is 31.2 Å². The van der Waals surface area contributed by atoms with Gasteiger partial charge in [-0.15, -0.1) is 0 Å². The third kappa shape index (κ3) is 3.98. The number of hydrogen-bond donors (Lipinski definition) is 3. The molecule has 1 unspecified atom stereocenters. The van der Waals surface area contributed by atoms with E-state index < -0.39 is 6.23 Å². The van der Waals surface area contributed by atoms with Crippen LogP contribution in [0, 0.1) is 0 Å². The minimum atomic E-state index is -0.563. The summed E-state index contributed by atoms with van der Waals surface area (Å²) >= 11 is 0. The van der Waals surface area contributed by atoms with Crippen molar-refractivity contribution >= 4 is 22.4 Å². The van der Waals surface area contributed by atoms with E-state index in [4.69, 9.17) is 4.99 Å². The van der Waals surface area contributed by atoms with Crippen molar-refractivity contribution < 1.29 is 10.2 Å². The van der Waals surface area contributed by atoms with Crippen LogP contribution in [0.15, 0.2) is 53.5 Å². The summed E-state index contributed by atoms with van der Waals surface area (Å²) in [5, 5.41) is 24.9. The van der Waals surface area contributed by atoms with Crippen LogP contribution in [0.2, 0.25) is 0 Å². The highest BCUT2D eigenvalue weighted by atomic mass is 16.3. The van der Waals surface area contributed by atoms with Crippen LogP contribution in [-0.2, 0) is 0 Å². The van der Waals surface area contributed by atoms with Crippen LogP contribution in [0.1, 0.15) is 13.3 Å². The number of hydrogen-bond acceptors (Lipinski definition) is 7. The summed E-state index contributed by atoms with van der Waals surface area (Å²) in [6.45, 7) is 3.39. The fourth-order valence-corrected chi connectivity index (χ4v) is 3.52. The molecular weight excluding hydrogens is 366 g/mol. The summed E-state index contributed by atoms with van der Waals surface area (Å²) in [4.78, 5) is 16.0. The standard InChI is InChI=1S/C22H25N5O2/c1-3-27(2)22(29)18-12-14(13-23-18)24-20-15-8-4-6-10-17(15)25-21(26-20)16-9-5-7-11-19(16)28/h4-11,18,22-23,28-29H,3,12-13H2,1-2H3/t18-,22?/m1/s1. The van der Waals surface area contributed by atoms with Gasteiger partial charge in [-0.2, -0.15) is 0 Å². The van der Waals surface area contributed by atoms with Gasteiger partial charge in [0.25, 0.3) is 0 Å². The molecule has 3 N–H and O–H groups in total. The molecular formula is C22H25N5O2. The van der Waals surface area contributed by atoms with Crippen molar-refractivity contribution in [1.82, 2.24) is 20.2 Å². The van der Waals surface area contributed by atoms with Gasteiger partial charge in [0.15, 0.2) is 11.6 Å². The second-order valence-electron chi connectivity index (χ2n) is 7.26. The number of phenolic OH excluding ortho intramolecular Hbond substituents is 1. The number of para-hydroxylation sites is 2. The van der Waals surface area contributed by atoms with Crippen molar-refractivity contribution in [2.75, 3.05) is 20.1 Å². The summed E-state index contributed by atoms with van der Waals surface area (Å²) in [5.74, 6) is 1.15. The van der Waals surface area contributed by atoms with Crippen molar-refractivity contribution in [3.05, 3.63) is 48.5 Å². The number of phenols is 1. The molecule has 0 aliphatic carbocycles. The Morgan fingerprint density at radius 3 is 2.72 bits per heavy atom. The molecule has 0 spiro atoms. The lowest BCUT2D eigenvalue weighted by Gasteiger charge is -2.26. The maximum atomic E-state index is 10.5. The molecule has 1 aliphatic heterocycles. The Kier molecular flexibility index (Phi) is 5.53. The Morgan fingerprint density at radius 1 is 1.17 bits per heavy atom. The maximum Gasteiger partial charge on any atom is 0.165 e. The minimum Gasteiger partial charge on any atom is -0.507 e. The number of likely N-dealkylation sites (N-methyl/N-ethyl adjacent to an activating group) is 1. The molecule has 7 nitrogen and oxygen atoms in total. The van der Waals surface area contributed by atoms with E-state index in [1.807, 2.05) is 49.2 Å². The third-order valence-corrected chi connectivity index (χ3v) is 5.33. The van der Waals surface area contributed by atoms with Gasteiger partial charge in [-0.25, -0.2) is 15.0 Å². The molecule has 2 heterocycles. The van der Waals surface area contributed by atoms with Gasteiger partial charge in [0, 0.05) is 24.1 Å². The number of aliphatic imine (C=N–C) groups is 1. The topological polar surface area (TPSA) is 93.9 Å². The number of aliphatic hydroxyl groups is 1. The van der Waals surface area contributed by atoms with Crippen LogP contribution in [0.25, 0.3) is 22.3 Å².